The predicted octanol–water partition coefficient (Wildman–Crippen LogP) is 1.71. The summed E-state index contributed by atoms with van der Waals surface area (Å²) in [6.45, 7) is 6.83. The summed E-state index contributed by atoms with van der Waals surface area (Å²) in [4.78, 5) is 13.0. The van der Waals surface area contributed by atoms with Crippen molar-refractivity contribution in [2.45, 2.75) is 58.0 Å². The maximum absolute atomic E-state index is 13.2. The molecule has 1 aliphatic heterocycles. The Hall–Kier alpha value is -0.840. The van der Waals surface area contributed by atoms with Gasteiger partial charge in [0.25, 0.3) is 0 Å². The highest BCUT2D eigenvalue weighted by Crippen LogP contribution is 2.25. The molecule has 4 nitrogen and oxygen atoms in total. The van der Waals surface area contributed by atoms with E-state index in [4.69, 9.17) is 4.74 Å². The molecule has 0 aromatic carbocycles. The highest BCUT2D eigenvalue weighted by Gasteiger charge is 2.39. The molecule has 0 bridgehead atoms. The first-order chi connectivity index (χ1) is 7.20. The fourth-order valence-corrected chi connectivity index (χ4v) is 1.80. The van der Waals surface area contributed by atoms with Gasteiger partial charge in [0.15, 0.2) is 0 Å². The Morgan fingerprint density at radius 2 is 2.12 bits per heavy atom. The molecule has 1 fully saturated rings. The average Bonchev–Trinajstić information content (AvgIpc) is 2.44. The van der Waals surface area contributed by atoms with Gasteiger partial charge in [0, 0.05) is 6.42 Å². The fraction of sp³-hybridized carbons (Fsp3) is 0.909. The van der Waals surface area contributed by atoms with Gasteiger partial charge in [-0.25, -0.2) is 9.18 Å². The Bertz CT molecular complexity index is 262. The van der Waals surface area contributed by atoms with E-state index in [0.29, 0.717) is 0 Å². The average molecular weight is 233 g/mol. The van der Waals surface area contributed by atoms with Crippen molar-refractivity contribution in [1.82, 2.24) is 4.90 Å². The minimum atomic E-state index is -1.08. The van der Waals surface area contributed by atoms with E-state index >= 15 is 0 Å². The molecule has 16 heavy (non-hydrogen) atoms. The van der Waals surface area contributed by atoms with Gasteiger partial charge in [0.2, 0.25) is 0 Å². The molecule has 1 N–H and O–H groups in total. The van der Waals surface area contributed by atoms with Crippen LogP contribution >= 0.6 is 0 Å². The van der Waals surface area contributed by atoms with Gasteiger partial charge >= 0.3 is 6.09 Å². The number of likely N-dealkylation sites (tertiary alicyclic amines) is 1. The minimum Gasteiger partial charge on any atom is -0.444 e. The lowest BCUT2D eigenvalue weighted by Gasteiger charge is -2.29. The number of halogens is 1. The number of aliphatic hydroxyl groups excluding tert-OH is 1. The van der Waals surface area contributed by atoms with E-state index in [2.05, 4.69) is 0 Å². The first kappa shape index (κ1) is 13.2. The molecule has 0 aliphatic carbocycles. The van der Waals surface area contributed by atoms with E-state index in [9.17, 15) is 14.3 Å². The van der Waals surface area contributed by atoms with E-state index in [0.717, 1.165) is 0 Å². The van der Waals surface area contributed by atoms with Crippen LogP contribution in [0.15, 0.2) is 0 Å². The van der Waals surface area contributed by atoms with E-state index in [-0.39, 0.29) is 13.0 Å². The summed E-state index contributed by atoms with van der Waals surface area (Å²) in [6.07, 6.45) is -2.20. The third kappa shape index (κ3) is 3.33. The van der Waals surface area contributed by atoms with Crippen LogP contribution in [0.2, 0.25) is 0 Å². The van der Waals surface area contributed by atoms with Crippen LogP contribution in [0.25, 0.3) is 0 Å². The Balaban J connectivity index is 2.67. The van der Waals surface area contributed by atoms with Crippen LogP contribution in [0.3, 0.4) is 0 Å². The molecule has 0 radical (unpaired) electrons. The number of rotatable bonds is 1. The van der Waals surface area contributed by atoms with Crippen molar-refractivity contribution in [1.29, 1.82) is 0 Å². The molecule has 3 atom stereocenters. The van der Waals surface area contributed by atoms with Crippen molar-refractivity contribution in [3.8, 4) is 0 Å². The fourth-order valence-electron chi connectivity index (χ4n) is 1.80. The maximum Gasteiger partial charge on any atom is 0.410 e. The molecule has 0 aromatic rings. The number of hydrogen-bond donors (Lipinski definition) is 1. The molecule has 0 aromatic heterocycles. The minimum absolute atomic E-state index is 0.00444. The summed E-state index contributed by atoms with van der Waals surface area (Å²) in [6, 6.07) is -0.482. The largest absolute Gasteiger partial charge is 0.444 e. The lowest BCUT2D eigenvalue weighted by Crippen LogP contribution is -2.44. The molecule has 5 heteroatoms. The van der Waals surface area contributed by atoms with Gasteiger partial charge in [-0.05, 0) is 27.7 Å². The van der Waals surface area contributed by atoms with Gasteiger partial charge in [-0.15, -0.1) is 0 Å². The normalized spacial score (nSPS) is 28.0. The second kappa shape index (κ2) is 4.57. The Kier molecular flexibility index (Phi) is 3.78. The van der Waals surface area contributed by atoms with Crippen molar-refractivity contribution >= 4 is 6.09 Å². The van der Waals surface area contributed by atoms with Crippen LogP contribution in [-0.2, 0) is 4.74 Å². The zero-order valence-corrected chi connectivity index (χ0v) is 10.2. The molecule has 0 spiro atoms. The molecule has 94 valence electrons. The summed E-state index contributed by atoms with van der Waals surface area (Å²) in [5.41, 5.74) is -0.602. The number of alkyl halides is 1. The first-order valence-electron chi connectivity index (χ1n) is 5.52. The molecule has 1 heterocycles. The first-order valence-corrected chi connectivity index (χ1v) is 5.52. The maximum atomic E-state index is 13.2. The van der Waals surface area contributed by atoms with Gasteiger partial charge in [-0.3, -0.25) is 4.90 Å². The van der Waals surface area contributed by atoms with Crippen molar-refractivity contribution in [2.75, 3.05) is 6.54 Å². The molecule has 1 unspecified atom stereocenters. The van der Waals surface area contributed by atoms with Crippen molar-refractivity contribution in [2.24, 2.45) is 0 Å². The second-order valence-electron chi connectivity index (χ2n) is 5.27. The number of carbonyl (C=O) groups excluding carboxylic acids is 1. The third-order valence-electron chi connectivity index (χ3n) is 2.48. The quantitative estimate of drug-likeness (QED) is 0.750. The monoisotopic (exact) mass is 233 g/mol. The molecular weight excluding hydrogens is 213 g/mol. The summed E-state index contributed by atoms with van der Waals surface area (Å²) >= 11 is 0. The number of aliphatic hydroxyl groups is 1. The molecular formula is C11H20FNO3. The summed E-state index contributed by atoms with van der Waals surface area (Å²) < 4.78 is 18.4. The second-order valence-corrected chi connectivity index (χ2v) is 5.27. The van der Waals surface area contributed by atoms with Gasteiger partial charge in [0.05, 0.1) is 18.7 Å². The molecule has 0 saturated carbocycles. The van der Waals surface area contributed by atoms with Crippen LogP contribution in [-0.4, -0.2) is 46.6 Å². The van der Waals surface area contributed by atoms with E-state index in [1.807, 2.05) is 0 Å². The lowest BCUT2D eigenvalue weighted by atomic mass is 10.1. The third-order valence-corrected chi connectivity index (χ3v) is 2.48. The van der Waals surface area contributed by atoms with Gasteiger partial charge < -0.3 is 9.84 Å². The zero-order valence-electron chi connectivity index (χ0n) is 10.2. The SMILES string of the molecule is C[C@@H](O)C1C[C@@H](F)CN1C(=O)OC(C)(C)C. The summed E-state index contributed by atoms with van der Waals surface area (Å²) in [5, 5.41) is 9.47. The summed E-state index contributed by atoms with van der Waals surface area (Å²) in [7, 11) is 0. The smallest absolute Gasteiger partial charge is 0.410 e. The number of carbonyl (C=O) groups is 1. The molecule has 1 rings (SSSR count). The number of hydrogen-bond acceptors (Lipinski definition) is 3. The van der Waals surface area contributed by atoms with Gasteiger partial charge in [-0.1, -0.05) is 0 Å². The van der Waals surface area contributed by atoms with Crippen LogP contribution < -0.4 is 0 Å². The standard InChI is InChI=1S/C11H20FNO3/c1-7(14)9-5-8(12)6-13(9)10(15)16-11(2,3)4/h7-9,14H,5-6H2,1-4H3/t7-,8-,9?/m1/s1. The van der Waals surface area contributed by atoms with Crippen molar-refractivity contribution in [3.63, 3.8) is 0 Å². The molecule has 1 aliphatic rings. The molecule has 1 amide bonds. The number of amides is 1. The highest BCUT2D eigenvalue weighted by atomic mass is 19.1. The van der Waals surface area contributed by atoms with Gasteiger partial charge in [0.1, 0.15) is 11.8 Å². The Morgan fingerprint density at radius 1 is 1.56 bits per heavy atom. The molecule has 1 saturated heterocycles. The number of nitrogens with zero attached hydrogens (tertiary/aromatic N) is 1. The summed E-state index contributed by atoms with van der Waals surface area (Å²) in [5.74, 6) is 0. The highest BCUT2D eigenvalue weighted by molar-refractivity contribution is 5.69. The Morgan fingerprint density at radius 3 is 2.56 bits per heavy atom. The van der Waals surface area contributed by atoms with E-state index in [1.165, 1.54) is 4.90 Å². The van der Waals surface area contributed by atoms with Crippen molar-refractivity contribution in [3.05, 3.63) is 0 Å². The van der Waals surface area contributed by atoms with Crippen LogP contribution in [0, 0.1) is 0 Å². The van der Waals surface area contributed by atoms with Crippen molar-refractivity contribution < 1.29 is 19.0 Å². The van der Waals surface area contributed by atoms with E-state index in [1.54, 1.807) is 27.7 Å². The van der Waals surface area contributed by atoms with Crippen LogP contribution in [0.5, 0.6) is 0 Å². The topological polar surface area (TPSA) is 49.8 Å². The van der Waals surface area contributed by atoms with Crippen LogP contribution in [0.1, 0.15) is 34.1 Å². The number of ether oxygens (including phenoxy) is 1. The van der Waals surface area contributed by atoms with Crippen LogP contribution in [0.4, 0.5) is 9.18 Å². The Labute approximate surface area is 95.4 Å². The van der Waals surface area contributed by atoms with Gasteiger partial charge in [-0.2, -0.15) is 0 Å². The lowest BCUT2D eigenvalue weighted by molar-refractivity contribution is 0.00771. The zero-order chi connectivity index (χ0) is 12.5. The van der Waals surface area contributed by atoms with E-state index < -0.39 is 30.0 Å². The predicted molar refractivity (Wildman–Crippen MR) is 57.9 cm³/mol.